The highest BCUT2D eigenvalue weighted by molar-refractivity contribution is 7.13. The van der Waals surface area contributed by atoms with Crippen molar-refractivity contribution in [2.24, 2.45) is 0 Å². The number of amides is 1. The van der Waals surface area contributed by atoms with Crippen molar-refractivity contribution in [2.75, 3.05) is 25.5 Å². The van der Waals surface area contributed by atoms with E-state index in [-0.39, 0.29) is 5.91 Å². The van der Waals surface area contributed by atoms with Crippen molar-refractivity contribution in [2.45, 2.75) is 13.3 Å². The molecule has 0 aliphatic heterocycles. The van der Waals surface area contributed by atoms with E-state index in [9.17, 15) is 4.79 Å². The van der Waals surface area contributed by atoms with Gasteiger partial charge in [-0.3, -0.25) is 4.79 Å². The Morgan fingerprint density at radius 3 is 2.31 bits per heavy atom. The standard InChI is InChI=1S/C21H23N3OS/c1-15(25)22-13-12-16-4-6-17(7-5-16)20-14-26-21(23-20)18-8-10-19(11-9-18)24(2)3/h4-11,14H,12-13H2,1-3H3,(H,22,25). The molecule has 1 amide bonds. The van der Waals surface area contributed by atoms with Gasteiger partial charge >= 0.3 is 0 Å². The van der Waals surface area contributed by atoms with Crippen LogP contribution in [0.1, 0.15) is 12.5 Å². The van der Waals surface area contributed by atoms with Gasteiger partial charge in [0.15, 0.2) is 0 Å². The molecule has 1 aromatic heterocycles. The van der Waals surface area contributed by atoms with E-state index in [2.05, 4.69) is 64.1 Å². The average Bonchev–Trinajstić information content (AvgIpc) is 3.12. The van der Waals surface area contributed by atoms with Crippen LogP contribution in [0.5, 0.6) is 0 Å². The minimum absolute atomic E-state index is 0.00948. The zero-order chi connectivity index (χ0) is 18.5. The fraction of sp³-hybridized carbons (Fsp3) is 0.238. The molecule has 0 saturated heterocycles. The van der Waals surface area contributed by atoms with Crippen LogP contribution in [0.15, 0.2) is 53.9 Å². The molecule has 0 radical (unpaired) electrons. The second-order valence-electron chi connectivity index (χ2n) is 6.41. The van der Waals surface area contributed by atoms with Gasteiger partial charge in [0.1, 0.15) is 5.01 Å². The van der Waals surface area contributed by atoms with Gasteiger partial charge in [0, 0.05) is 49.8 Å². The molecule has 5 heteroatoms. The molecule has 1 N–H and O–H groups in total. The molecule has 26 heavy (non-hydrogen) atoms. The van der Waals surface area contributed by atoms with E-state index < -0.39 is 0 Å². The zero-order valence-electron chi connectivity index (χ0n) is 15.3. The summed E-state index contributed by atoms with van der Waals surface area (Å²) >= 11 is 1.66. The summed E-state index contributed by atoms with van der Waals surface area (Å²) in [6.45, 7) is 2.20. The number of nitrogens with zero attached hydrogens (tertiary/aromatic N) is 2. The molecule has 2 aromatic carbocycles. The van der Waals surface area contributed by atoms with Crippen molar-refractivity contribution in [1.29, 1.82) is 0 Å². The van der Waals surface area contributed by atoms with E-state index in [1.807, 2.05) is 14.1 Å². The first-order valence-electron chi connectivity index (χ1n) is 8.60. The van der Waals surface area contributed by atoms with E-state index >= 15 is 0 Å². The van der Waals surface area contributed by atoms with Crippen LogP contribution in [0.4, 0.5) is 5.69 Å². The van der Waals surface area contributed by atoms with Gasteiger partial charge in [-0.15, -0.1) is 11.3 Å². The normalized spacial score (nSPS) is 10.6. The third kappa shape index (κ3) is 4.49. The number of hydrogen-bond acceptors (Lipinski definition) is 4. The number of anilines is 1. The van der Waals surface area contributed by atoms with Gasteiger partial charge in [0.2, 0.25) is 5.91 Å². The number of rotatable bonds is 6. The van der Waals surface area contributed by atoms with Crippen molar-refractivity contribution < 1.29 is 4.79 Å². The zero-order valence-corrected chi connectivity index (χ0v) is 16.1. The lowest BCUT2D eigenvalue weighted by Crippen LogP contribution is -2.22. The van der Waals surface area contributed by atoms with Crippen LogP contribution >= 0.6 is 11.3 Å². The first-order valence-corrected chi connectivity index (χ1v) is 9.48. The summed E-state index contributed by atoms with van der Waals surface area (Å²) in [7, 11) is 4.08. The number of nitrogens with one attached hydrogen (secondary N) is 1. The second kappa shape index (κ2) is 8.15. The Morgan fingerprint density at radius 2 is 1.69 bits per heavy atom. The molecule has 1 heterocycles. The molecule has 0 saturated carbocycles. The SMILES string of the molecule is CC(=O)NCCc1ccc(-c2csc(-c3ccc(N(C)C)cc3)n2)cc1. The fourth-order valence-electron chi connectivity index (χ4n) is 2.67. The quantitative estimate of drug-likeness (QED) is 0.711. The molecule has 3 rings (SSSR count). The Bertz CT molecular complexity index is 867. The second-order valence-corrected chi connectivity index (χ2v) is 7.27. The molecule has 0 aliphatic rings. The molecule has 0 aliphatic carbocycles. The van der Waals surface area contributed by atoms with Crippen molar-refractivity contribution in [3.8, 4) is 21.8 Å². The van der Waals surface area contributed by atoms with Gasteiger partial charge in [-0.2, -0.15) is 0 Å². The fourth-order valence-corrected chi connectivity index (χ4v) is 3.50. The van der Waals surface area contributed by atoms with Gasteiger partial charge in [-0.25, -0.2) is 4.98 Å². The Labute approximate surface area is 158 Å². The number of carbonyl (C=O) groups is 1. The summed E-state index contributed by atoms with van der Waals surface area (Å²) in [6, 6.07) is 16.8. The van der Waals surface area contributed by atoms with Crippen molar-refractivity contribution in [3.63, 3.8) is 0 Å². The highest BCUT2D eigenvalue weighted by Gasteiger charge is 2.07. The minimum atomic E-state index is 0.00948. The summed E-state index contributed by atoms with van der Waals surface area (Å²) in [5.41, 5.74) is 5.63. The lowest BCUT2D eigenvalue weighted by molar-refractivity contribution is -0.118. The van der Waals surface area contributed by atoms with Gasteiger partial charge in [0.05, 0.1) is 5.69 Å². The molecular weight excluding hydrogens is 342 g/mol. The smallest absolute Gasteiger partial charge is 0.216 e. The van der Waals surface area contributed by atoms with E-state index in [0.29, 0.717) is 6.54 Å². The maximum Gasteiger partial charge on any atom is 0.216 e. The molecule has 3 aromatic rings. The molecule has 0 unspecified atom stereocenters. The van der Waals surface area contributed by atoms with E-state index in [1.54, 1.807) is 11.3 Å². The maximum atomic E-state index is 10.9. The van der Waals surface area contributed by atoms with Crippen LogP contribution in [-0.2, 0) is 11.2 Å². The average molecular weight is 366 g/mol. The highest BCUT2D eigenvalue weighted by atomic mass is 32.1. The molecule has 0 spiro atoms. The molecule has 134 valence electrons. The lowest BCUT2D eigenvalue weighted by atomic mass is 10.1. The van der Waals surface area contributed by atoms with E-state index in [1.165, 1.54) is 18.2 Å². The predicted molar refractivity (Wildman–Crippen MR) is 110 cm³/mol. The Hall–Kier alpha value is -2.66. The molecule has 0 atom stereocenters. The van der Waals surface area contributed by atoms with Crippen molar-refractivity contribution in [1.82, 2.24) is 10.3 Å². The summed E-state index contributed by atoms with van der Waals surface area (Å²) in [6.07, 6.45) is 0.834. The molecule has 0 fully saturated rings. The lowest BCUT2D eigenvalue weighted by Gasteiger charge is -2.11. The molecule has 4 nitrogen and oxygen atoms in total. The highest BCUT2D eigenvalue weighted by Crippen LogP contribution is 2.30. The van der Waals surface area contributed by atoms with Crippen LogP contribution in [0.3, 0.4) is 0 Å². The van der Waals surface area contributed by atoms with Gasteiger partial charge in [-0.05, 0) is 36.2 Å². The van der Waals surface area contributed by atoms with Crippen molar-refractivity contribution >= 4 is 22.9 Å². The third-order valence-electron chi connectivity index (χ3n) is 4.17. The van der Waals surface area contributed by atoms with Crippen LogP contribution < -0.4 is 10.2 Å². The maximum absolute atomic E-state index is 10.9. The van der Waals surface area contributed by atoms with Gasteiger partial charge < -0.3 is 10.2 Å². The van der Waals surface area contributed by atoms with Gasteiger partial charge in [-0.1, -0.05) is 24.3 Å². The topological polar surface area (TPSA) is 45.2 Å². The number of aromatic nitrogens is 1. The first kappa shape index (κ1) is 18.1. The van der Waals surface area contributed by atoms with Crippen LogP contribution in [0, 0.1) is 0 Å². The largest absolute Gasteiger partial charge is 0.378 e. The summed E-state index contributed by atoms with van der Waals surface area (Å²) in [5, 5.41) is 5.95. The number of carbonyl (C=O) groups excluding carboxylic acids is 1. The van der Waals surface area contributed by atoms with E-state index in [4.69, 9.17) is 4.98 Å². The molecular formula is C21H23N3OS. The van der Waals surface area contributed by atoms with Crippen LogP contribution in [-0.4, -0.2) is 31.5 Å². The summed E-state index contributed by atoms with van der Waals surface area (Å²) < 4.78 is 0. The Balaban J connectivity index is 1.70. The predicted octanol–water partition coefficient (Wildman–Crippen LogP) is 4.22. The van der Waals surface area contributed by atoms with Crippen LogP contribution in [0.25, 0.3) is 21.8 Å². The van der Waals surface area contributed by atoms with Crippen molar-refractivity contribution in [3.05, 3.63) is 59.5 Å². The summed E-state index contributed by atoms with van der Waals surface area (Å²) in [4.78, 5) is 17.8. The Kier molecular flexibility index (Phi) is 5.68. The first-order chi connectivity index (χ1) is 12.5. The number of hydrogen-bond donors (Lipinski definition) is 1. The van der Waals surface area contributed by atoms with Gasteiger partial charge in [0.25, 0.3) is 0 Å². The minimum Gasteiger partial charge on any atom is -0.378 e. The third-order valence-corrected chi connectivity index (χ3v) is 5.06. The molecule has 0 bridgehead atoms. The Morgan fingerprint density at radius 1 is 1.04 bits per heavy atom. The van der Waals surface area contributed by atoms with Crippen LogP contribution in [0.2, 0.25) is 0 Å². The summed E-state index contributed by atoms with van der Waals surface area (Å²) in [5.74, 6) is 0.00948. The monoisotopic (exact) mass is 365 g/mol. The number of benzene rings is 2. The number of thiazole rings is 1. The van der Waals surface area contributed by atoms with E-state index in [0.717, 1.165) is 28.2 Å².